The van der Waals surface area contributed by atoms with Crippen LogP contribution in [0.2, 0.25) is 0 Å². The van der Waals surface area contributed by atoms with Gasteiger partial charge in [-0.2, -0.15) is 42.1 Å². The van der Waals surface area contributed by atoms with Gasteiger partial charge < -0.3 is 24.4 Å². The van der Waals surface area contributed by atoms with Crippen molar-refractivity contribution in [3.8, 4) is 0 Å². The molecule has 2 saturated heterocycles. The summed E-state index contributed by atoms with van der Waals surface area (Å²) < 4.78 is 193. The zero-order chi connectivity index (χ0) is 33.3. The Labute approximate surface area is 241 Å². The number of carboxylic acid groups (broad SMARTS) is 1. The molecule has 0 spiro atoms. The third-order valence-corrected chi connectivity index (χ3v) is 7.19. The molecule has 0 amide bonds. The van der Waals surface area contributed by atoms with Gasteiger partial charge in [-0.05, 0) is 0 Å². The van der Waals surface area contributed by atoms with E-state index in [4.69, 9.17) is 32.4 Å². The van der Waals surface area contributed by atoms with Crippen LogP contribution in [0.1, 0.15) is 0 Å². The molecule has 0 bridgehead atoms. The molecule has 43 heavy (non-hydrogen) atoms. The summed E-state index contributed by atoms with van der Waals surface area (Å²) in [7, 11) is -27.9. The summed E-state index contributed by atoms with van der Waals surface area (Å²) in [6.07, 6.45) is -23.4. The van der Waals surface area contributed by atoms with E-state index in [2.05, 4.69) is 20.9 Å². The first kappa shape index (κ1) is 37.8. The summed E-state index contributed by atoms with van der Waals surface area (Å²) in [5.41, 5.74) is 0. The molecule has 2 aliphatic heterocycles. The number of aliphatic hydroxyl groups is 1. The third kappa shape index (κ3) is 12.5. The summed E-state index contributed by atoms with van der Waals surface area (Å²) in [5, 5.41) is 19.6. The lowest BCUT2D eigenvalue weighted by molar-refractivity contribution is -0.302. The Hall–Kier alpha value is -1.34. The van der Waals surface area contributed by atoms with Gasteiger partial charge in [-0.25, -0.2) is 25.7 Å². The van der Waals surface area contributed by atoms with E-state index in [0.717, 1.165) is 0 Å². The Balaban J connectivity index is 2.66. The first-order chi connectivity index (χ1) is 19.2. The monoisotopic (exact) mass is 740 g/mol. The van der Waals surface area contributed by atoms with Crippen LogP contribution in [0.4, 0.5) is 0 Å². The molecule has 0 saturated carbocycles. The van der Waals surface area contributed by atoms with Crippen LogP contribution in [-0.2, 0) is 91.9 Å². The largest absolute Gasteiger partial charge is 0.479 e. The van der Waals surface area contributed by atoms with Crippen molar-refractivity contribution in [1.29, 1.82) is 0 Å². The Bertz CT molecular complexity index is 1550. The van der Waals surface area contributed by atoms with Gasteiger partial charge in [0.05, 0.1) is 13.2 Å². The highest BCUT2D eigenvalue weighted by Gasteiger charge is 2.57. The highest BCUT2D eigenvalue weighted by molar-refractivity contribution is 7.81. The maximum Gasteiger partial charge on any atom is 0.397 e. The Kier molecular flexibility index (Phi) is 11.9. The van der Waals surface area contributed by atoms with Crippen molar-refractivity contribution in [1.82, 2.24) is 0 Å². The molecule has 31 heteroatoms. The minimum Gasteiger partial charge on any atom is -0.479 e. The van der Waals surface area contributed by atoms with Gasteiger partial charge in [-0.3, -0.25) is 22.8 Å². The van der Waals surface area contributed by atoms with Gasteiger partial charge in [0.25, 0.3) is 0 Å². The smallest absolute Gasteiger partial charge is 0.397 e. The number of rotatable bonds is 15. The van der Waals surface area contributed by atoms with E-state index in [1.54, 1.807) is 0 Å². The molecule has 2 fully saturated rings. The maximum atomic E-state index is 11.6. The average Bonchev–Trinajstić information content (AvgIpc) is 3.07. The normalized spacial score (nSPS) is 32.9. The highest BCUT2D eigenvalue weighted by Crippen LogP contribution is 2.35. The van der Waals surface area contributed by atoms with Gasteiger partial charge in [-0.1, -0.05) is 0 Å². The van der Waals surface area contributed by atoms with Crippen molar-refractivity contribution in [3.05, 3.63) is 0 Å². The molecule has 0 aromatic rings. The van der Waals surface area contributed by atoms with Gasteiger partial charge in [-0.15, -0.1) is 0 Å². The molecule has 9 atom stereocenters. The van der Waals surface area contributed by atoms with Crippen LogP contribution < -0.4 is 0 Å². The predicted octanol–water partition coefficient (Wildman–Crippen LogP) is -5.49. The van der Waals surface area contributed by atoms with Crippen molar-refractivity contribution in [3.63, 3.8) is 0 Å². The van der Waals surface area contributed by atoms with Crippen LogP contribution in [0.25, 0.3) is 0 Å². The molecule has 0 aromatic heterocycles. The molecule has 7 N–H and O–H groups in total. The topological polar surface area (TPSA) is 403 Å². The average molecular weight is 741 g/mol. The van der Waals surface area contributed by atoms with E-state index in [-0.39, 0.29) is 0 Å². The summed E-state index contributed by atoms with van der Waals surface area (Å²) in [4.78, 5) is 11.6. The summed E-state index contributed by atoms with van der Waals surface area (Å²) >= 11 is 0. The van der Waals surface area contributed by atoms with E-state index in [1.165, 1.54) is 0 Å². The van der Waals surface area contributed by atoms with Crippen LogP contribution in [0.15, 0.2) is 0 Å². The second-order valence-corrected chi connectivity index (χ2v) is 13.3. The highest BCUT2D eigenvalue weighted by atomic mass is 32.3. The third-order valence-electron chi connectivity index (χ3n) is 4.92. The number of hydrogen-bond donors (Lipinski definition) is 7. The second-order valence-electron chi connectivity index (χ2n) is 7.96. The molecule has 26 nitrogen and oxygen atoms in total. The van der Waals surface area contributed by atoms with Crippen molar-refractivity contribution < 1.29 is 115 Å². The molecule has 254 valence electrons. The van der Waals surface area contributed by atoms with Crippen molar-refractivity contribution >= 4 is 58.0 Å². The lowest BCUT2D eigenvalue weighted by atomic mass is 9.98. The number of ether oxygens (including phenoxy) is 3. The van der Waals surface area contributed by atoms with E-state index in [0.29, 0.717) is 0 Å². The van der Waals surface area contributed by atoms with Crippen LogP contribution >= 0.6 is 0 Å². The first-order valence-corrected chi connectivity index (χ1v) is 17.1. The summed E-state index contributed by atoms with van der Waals surface area (Å²) in [5.74, 6) is -2.17. The molecule has 2 rings (SSSR count). The van der Waals surface area contributed by atoms with Crippen LogP contribution in [0.3, 0.4) is 0 Å². The molecule has 0 aromatic carbocycles. The SMILES string of the molecule is O=C(O)C1OC(OC2C(COS(=O)(=O)O)OC(COS(=O)(=O)O)C2OS(=O)(=O)O)C(OS(=O)(=O)O)C(OS(=O)(=O)O)C1O. The molecule has 0 aliphatic carbocycles. The van der Waals surface area contributed by atoms with Crippen LogP contribution in [0, 0.1) is 0 Å². The summed E-state index contributed by atoms with van der Waals surface area (Å²) in [6, 6.07) is 0. The van der Waals surface area contributed by atoms with Gasteiger partial charge in [0.2, 0.25) is 0 Å². The van der Waals surface area contributed by atoms with Crippen molar-refractivity contribution in [2.24, 2.45) is 0 Å². The Morgan fingerprint density at radius 3 is 1.37 bits per heavy atom. The summed E-state index contributed by atoms with van der Waals surface area (Å²) in [6.45, 7) is -2.90. The lowest BCUT2D eigenvalue weighted by Gasteiger charge is -2.42. The van der Waals surface area contributed by atoms with Gasteiger partial charge in [0, 0.05) is 0 Å². The lowest BCUT2D eigenvalue weighted by Crippen LogP contribution is -2.63. The van der Waals surface area contributed by atoms with E-state index in [9.17, 15) is 61.6 Å². The number of carbonyl (C=O) groups is 1. The number of hydrogen-bond acceptors (Lipinski definition) is 20. The molecular weight excluding hydrogens is 720 g/mol. The molecular formula is C12H20O26S5. The van der Waals surface area contributed by atoms with E-state index >= 15 is 0 Å². The standard InChI is InChI=1S/C12H20O26S5/c13-5-8(37-42(25,26)27)10(38-43(28,29)30)12(35-9(5)11(14)15)34-6-3(1-31-39(16,17)18)33-4(2-32-40(19,20)21)7(6)36-41(22,23)24/h3-10,12-13H,1-2H2,(H,14,15)(H,16,17,18)(H,19,20,21)(H,22,23,24)(H,25,26,27)(H,28,29,30). The number of carboxylic acids is 1. The van der Waals surface area contributed by atoms with Gasteiger partial charge in [0.1, 0.15) is 36.6 Å². The fourth-order valence-electron chi connectivity index (χ4n) is 3.58. The Morgan fingerprint density at radius 1 is 0.581 bits per heavy atom. The van der Waals surface area contributed by atoms with E-state index < -0.39 is 126 Å². The van der Waals surface area contributed by atoms with Crippen LogP contribution in [-0.4, -0.2) is 149 Å². The van der Waals surface area contributed by atoms with E-state index in [1.807, 2.05) is 0 Å². The number of aliphatic carboxylic acids is 1. The minimum absolute atomic E-state index is 1.44. The van der Waals surface area contributed by atoms with Gasteiger partial charge in [0.15, 0.2) is 18.5 Å². The molecule has 9 unspecified atom stereocenters. The fraction of sp³-hybridized carbons (Fsp3) is 0.917. The molecule has 0 radical (unpaired) electrons. The maximum absolute atomic E-state index is 11.6. The Morgan fingerprint density at radius 2 is 0.977 bits per heavy atom. The van der Waals surface area contributed by atoms with Crippen molar-refractivity contribution in [2.75, 3.05) is 13.2 Å². The van der Waals surface area contributed by atoms with Crippen LogP contribution in [0.5, 0.6) is 0 Å². The predicted molar refractivity (Wildman–Crippen MR) is 120 cm³/mol. The minimum atomic E-state index is -5.79. The van der Waals surface area contributed by atoms with Gasteiger partial charge >= 0.3 is 58.0 Å². The van der Waals surface area contributed by atoms with Crippen molar-refractivity contribution in [2.45, 2.75) is 55.1 Å². The number of aliphatic hydroxyl groups excluding tert-OH is 1. The first-order valence-electron chi connectivity index (χ1n) is 10.2. The molecule has 2 heterocycles. The second kappa shape index (κ2) is 13.6. The fourth-order valence-corrected chi connectivity index (χ4v) is 5.70. The molecule has 2 aliphatic rings. The quantitative estimate of drug-likeness (QED) is 0.0770. The zero-order valence-corrected chi connectivity index (χ0v) is 24.1. The zero-order valence-electron chi connectivity index (χ0n) is 20.0.